The predicted molar refractivity (Wildman–Crippen MR) is 77.0 cm³/mol. The Kier molecular flexibility index (Phi) is 3.76. The Labute approximate surface area is 117 Å². The molecule has 0 fully saturated rings. The van der Waals surface area contributed by atoms with Crippen molar-refractivity contribution in [1.82, 2.24) is 0 Å². The number of halogens is 1. The standard InChI is InChI=1S/C15H14ClNO2/c1-9-7-12(19-2)8-13(14(9)17)15(18)10-3-5-11(16)6-4-10/h3-8H,17H2,1-2H3. The molecule has 0 aliphatic heterocycles. The van der Waals surface area contributed by atoms with E-state index in [1.165, 1.54) is 0 Å². The van der Waals surface area contributed by atoms with Crippen molar-refractivity contribution in [2.45, 2.75) is 6.92 Å². The zero-order valence-corrected chi connectivity index (χ0v) is 11.5. The highest BCUT2D eigenvalue weighted by molar-refractivity contribution is 6.30. The zero-order valence-electron chi connectivity index (χ0n) is 10.7. The minimum atomic E-state index is -0.142. The lowest BCUT2D eigenvalue weighted by molar-refractivity contribution is 0.103. The van der Waals surface area contributed by atoms with Crippen LogP contribution in [0.5, 0.6) is 5.75 Å². The van der Waals surface area contributed by atoms with Crippen LogP contribution in [0.25, 0.3) is 0 Å². The Morgan fingerprint density at radius 1 is 1.21 bits per heavy atom. The summed E-state index contributed by atoms with van der Waals surface area (Å²) in [6.07, 6.45) is 0. The number of nitrogen functional groups attached to an aromatic ring is 1. The van der Waals surface area contributed by atoms with E-state index in [0.717, 1.165) is 5.56 Å². The van der Waals surface area contributed by atoms with Gasteiger partial charge in [0.25, 0.3) is 0 Å². The van der Waals surface area contributed by atoms with Crippen molar-refractivity contribution in [1.29, 1.82) is 0 Å². The highest BCUT2D eigenvalue weighted by Gasteiger charge is 2.15. The molecule has 0 spiro atoms. The number of carbonyl (C=O) groups excluding carboxylic acids is 1. The smallest absolute Gasteiger partial charge is 0.195 e. The molecule has 0 aliphatic rings. The molecule has 98 valence electrons. The van der Waals surface area contributed by atoms with E-state index < -0.39 is 0 Å². The van der Waals surface area contributed by atoms with Crippen LogP contribution in [0.2, 0.25) is 5.02 Å². The van der Waals surface area contributed by atoms with E-state index in [9.17, 15) is 4.79 Å². The number of anilines is 1. The van der Waals surface area contributed by atoms with Gasteiger partial charge in [-0.25, -0.2) is 0 Å². The second kappa shape index (κ2) is 5.33. The fourth-order valence-corrected chi connectivity index (χ4v) is 1.95. The highest BCUT2D eigenvalue weighted by atomic mass is 35.5. The molecule has 2 N–H and O–H groups in total. The second-order valence-electron chi connectivity index (χ2n) is 4.24. The summed E-state index contributed by atoms with van der Waals surface area (Å²) in [4.78, 5) is 12.4. The Hall–Kier alpha value is -2.00. The van der Waals surface area contributed by atoms with Gasteiger partial charge < -0.3 is 10.5 Å². The molecule has 19 heavy (non-hydrogen) atoms. The molecule has 4 heteroatoms. The van der Waals surface area contributed by atoms with Gasteiger partial charge in [0.15, 0.2) is 5.78 Å². The molecule has 0 radical (unpaired) electrons. The molecule has 0 amide bonds. The molecule has 0 aromatic heterocycles. The summed E-state index contributed by atoms with van der Waals surface area (Å²) < 4.78 is 5.17. The zero-order chi connectivity index (χ0) is 14.0. The molecule has 0 atom stereocenters. The van der Waals surface area contributed by atoms with E-state index in [0.29, 0.717) is 27.6 Å². The van der Waals surface area contributed by atoms with Crippen molar-refractivity contribution in [2.75, 3.05) is 12.8 Å². The van der Waals surface area contributed by atoms with Crippen LogP contribution in [-0.2, 0) is 0 Å². The molecule has 2 rings (SSSR count). The molecule has 3 nitrogen and oxygen atoms in total. The first-order valence-corrected chi connectivity index (χ1v) is 6.15. The number of benzene rings is 2. The molecule has 0 unspecified atom stereocenters. The van der Waals surface area contributed by atoms with E-state index in [2.05, 4.69) is 0 Å². The van der Waals surface area contributed by atoms with Crippen molar-refractivity contribution in [3.8, 4) is 5.75 Å². The first-order chi connectivity index (χ1) is 9.02. The average molecular weight is 276 g/mol. The topological polar surface area (TPSA) is 52.3 Å². The van der Waals surface area contributed by atoms with E-state index in [4.69, 9.17) is 22.1 Å². The lowest BCUT2D eigenvalue weighted by Gasteiger charge is -2.10. The van der Waals surface area contributed by atoms with E-state index in [1.54, 1.807) is 43.5 Å². The summed E-state index contributed by atoms with van der Waals surface area (Å²) >= 11 is 5.81. The molecule has 2 aromatic rings. The maximum atomic E-state index is 12.4. The number of carbonyl (C=O) groups is 1. The van der Waals surface area contributed by atoms with Crippen LogP contribution in [0.1, 0.15) is 21.5 Å². The predicted octanol–water partition coefficient (Wildman–Crippen LogP) is 3.47. The number of aryl methyl sites for hydroxylation is 1. The lowest BCUT2D eigenvalue weighted by atomic mass is 9.99. The second-order valence-corrected chi connectivity index (χ2v) is 4.68. The number of rotatable bonds is 3. The monoisotopic (exact) mass is 275 g/mol. The Bertz CT molecular complexity index is 621. The van der Waals surface area contributed by atoms with Gasteiger partial charge in [0, 0.05) is 21.8 Å². The summed E-state index contributed by atoms with van der Waals surface area (Å²) in [5.41, 5.74) is 8.25. The quantitative estimate of drug-likeness (QED) is 0.689. The Morgan fingerprint density at radius 3 is 2.42 bits per heavy atom. The van der Waals surface area contributed by atoms with Crippen LogP contribution >= 0.6 is 11.6 Å². The first kappa shape index (κ1) is 13.4. The fraction of sp³-hybridized carbons (Fsp3) is 0.133. The number of hydrogen-bond donors (Lipinski definition) is 1. The van der Waals surface area contributed by atoms with Crippen LogP contribution < -0.4 is 10.5 Å². The molecule has 0 saturated carbocycles. The first-order valence-electron chi connectivity index (χ1n) is 5.77. The maximum Gasteiger partial charge on any atom is 0.195 e. The minimum Gasteiger partial charge on any atom is -0.497 e. The van der Waals surface area contributed by atoms with E-state index >= 15 is 0 Å². The summed E-state index contributed by atoms with van der Waals surface area (Å²) in [7, 11) is 1.56. The minimum absolute atomic E-state index is 0.142. The van der Waals surface area contributed by atoms with Crippen LogP contribution in [0, 0.1) is 6.92 Å². The van der Waals surface area contributed by atoms with Crippen LogP contribution in [-0.4, -0.2) is 12.9 Å². The number of ketones is 1. The number of methoxy groups -OCH3 is 1. The number of hydrogen-bond acceptors (Lipinski definition) is 3. The van der Waals surface area contributed by atoms with Crippen LogP contribution in [0.15, 0.2) is 36.4 Å². The van der Waals surface area contributed by atoms with Gasteiger partial charge >= 0.3 is 0 Å². The third kappa shape index (κ3) is 2.71. The van der Waals surface area contributed by atoms with Gasteiger partial charge in [0.1, 0.15) is 5.75 Å². The van der Waals surface area contributed by atoms with E-state index in [-0.39, 0.29) is 5.78 Å². The summed E-state index contributed by atoms with van der Waals surface area (Å²) in [5, 5.41) is 0.589. The van der Waals surface area contributed by atoms with Gasteiger partial charge in [0.2, 0.25) is 0 Å². The molecular formula is C15H14ClNO2. The molecule has 0 bridgehead atoms. The van der Waals surface area contributed by atoms with Gasteiger partial charge in [-0.1, -0.05) is 11.6 Å². The van der Waals surface area contributed by atoms with Gasteiger partial charge in [-0.2, -0.15) is 0 Å². The molecular weight excluding hydrogens is 262 g/mol. The largest absolute Gasteiger partial charge is 0.497 e. The lowest BCUT2D eigenvalue weighted by Crippen LogP contribution is -2.07. The fourth-order valence-electron chi connectivity index (χ4n) is 1.83. The normalized spacial score (nSPS) is 10.3. The third-order valence-corrected chi connectivity index (χ3v) is 3.20. The Morgan fingerprint density at radius 2 is 1.84 bits per heavy atom. The van der Waals surface area contributed by atoms with Gasteiger partial charge in [-0.3, -0.25) is 4.79 Å². The summed E-state index contributed by atoms with van der Waals surface area (Å²) in [6, 6.07) is 10.2. The maximum absolute atomic E-state index is 12.4. The summed E-state index contributed by atoms with van der Waals surface area (Å²) in [5.74, 6) is 0.472. The van der Waals surface area contributed by atoms with Crippen LogP contribution in [0.4, 0.5) is 5.69 Å². The molecule has 0 saturated heterocycles. The highest BCUT2D eigenvalue weighted by Crippen LogP contribution is 2.26. The van der Waals surface area contributed by atoms with Crippen molar-refractivity contribution >= 4 is 23.1 Å². The summed E-state index contributed by atoms with van der Waals surface area (Å²) in [6.45, 7) is 1.84. The van der Waals surface area contributed by atoms with Crippen molar-refractivity contribution in [2.24, 2.45) is 0 Å². The third-order valence-electron chi connectivity index (χ3n) is 2.95. The van der Waals surface area contributed by atoms with Crippen molar-refractivity contribution in [3.05, 3.63) is 58.1 Å². The Balaban J connectivity index is 2.49. The van der Waals surface area contributed by atoms with Gasteiger partial charge in [0.05, 0.1) is 7.11 Å². The molecule has 0 aliphatic carbocycles. The number of ether oxygens (including phenoxy) is 1. The number of nitrogens with two attached hydrogens (primary N) is 1. The van der Waals surface area contributed by atoms with E-state index in [1.807, 2.05) is 6.92 Å². The van der Waals surface area contributed by atoms with Crippen molar-refractivity contribution in [3.63, 3.8) is 0 Å². The average Bonchev–Trinajstić information content (AvgIpc) is 2.41. The molecule has 0 heterocycles. The van der Waals surface area contributed by atoms with Gasteiger partial charge in [-0.15, -0.1) is 0 Å². The van der Waals surface area contributed by atoms with Crippen molar-refractivity contribution < 1.29 is 9.53 Å². The molecule has 2 aromatic carbocycles. The van der Waals surface area contributed by atoms with Crippen LogP contribution in [0.3, 0.4) is 0 Å². The van der Waals surface area contributed by atoms with Gasteiger partial charge in [-0.05, 0) is 48.9 Å². The SMILES string of the molecule is COc1cc(C)c(N)c(C(=O)c2ccc(Cl)cc2)c1.